The normalized spacial score (nSPS) is 10.2. The molecule has 0 N–H and O–H groups in total. The molecule has 1 rings (SSSR count). The van der Waals surface area contributed by atoms with Crippen LogP contribution in [0.2, 0.25) is 0 Å². The van der Waals surface area contributed by atoms with E-state index in [1.807, 2.05) is 13.8 Å². The van der Waals surface area contributed by atoms with Crippen molar-refractivity contribution in [3.8, 4) is 5.75 Å². The van der Waals surface area contributed by atoms with Gasteiger partial charge in [0.05, 0.1) is 7.11 Å². The summed E-state index contributed by atoms with van der Waals surface area (Å²) in [6.07, 6.45) is 1.10. The summed E-state index contributed by atoms with van der Waals surface area (Å²) in [6.45, 7) is 4.07. The molecular formula is C14H18O4. The summed E-state index contributed by atoms with van der Waals surface area (Å²) in [6, 6.07) is 6.55. The van der Waals surface area contributed by atoms with Crippen molar-refractivity contribution in [1.29, 1.82) is 0 Å². The molecule has 0 spiro atoms. The van der Waals surface area contributed by atoms with Gasteiger partial charge in [-0.1, -0.05) is 26.0 Å². The van der Waals surface area contributed by atoms with E-state index in [2.05, 4.69) is 4.74 Å². The molecule has 0 aromatic heterocycles. The predicted molar refractivity (Wildman–Crippen MR) is 67.5 cm³/mol. The minimum Gasteiger partial charge on any atom is -0.465 e. The lowest BCUT2D eigenvalue weighted by atomic mass is 10.1. The summed E-state index contributed by atoms with van der Waals surface area (Å²) in [5.74, 6) is -0.159. The van der Waals surface area contributed by atoms with Crippen LogP contribution >= 0.6 is 0 Å². The molecule has 0 radical (unpaired) electrons. The van der Waals surface area contributed by atoms with Crippen LogP contribution in [0.3, 0.4) is 0 Å². The number of methoxy groups -OCH3 is 1. The fourth-order valence-corrected chi connectivity index (χ4v) is 1.41. The van der Waals surface area contributed by atoms with Gasteiger partial charge in [0.25, 0.3) is 0 Å². The van der Waals surface area contributed by atoms with Gasteiger partial charge >= 0.3 is 11.9 Å². The van der Waals surface area contributed by atoms with E-state index in [9.17, 15) is 9.59 Å². The van der Waals surface area contributed by atoms with Crippen molar-refractivity contribution in [2.75, 3.05) is 7.11 Å². The van der Waals surface area contributed by atoms with Crippen LogP contribution in [0.1, 0.15) is 37.0 Å². The number of carbonyl (C=O) groups is 2. The lowest BCUT2D eigenvalue weighted by Gasteiger charge is -2.09. The summed E-state index contributed by atoms with van der Waals surface area (Å²) in [4.78, 5) is 23.1. The van der Waals surface area contributed by atoms with Gasteiger partial charge < -0.3 is 9.47 Å². The first-order valence-corrected chi connectivity index (χ1v) is 5.92. The second-order valence-electron chi connectivity index (χ2n) is 4.39. The molecular weight excluding hydrogens is 232 g/mol. The summed E-state index contributed by atoms with van der Waals surface area (Å²) in [7, 11) is 1.29. The van der Waals surface area contributed by atoms with Crippen molar-refractivity contribution < 1.29 is 19.1 Å². The third-order valence-corrected chi connectivity index (χ3v) is 2.44. The molecule has 0 aliphatic carbocycles. The molecule has 98 valence electrons. The van der Waals surface area contributed by atoms with E-state index < -0.39 is 5.97 Å². The van der Waals surface area contributed by atoms with Gasteiger partial charge in [0.1, 0.15) is 11.3 Å². The molecule has 0 unspecified atom stereocenters. The maximum absolute atomic E-state index is 11.6. The van der Waals surface area contributed by atoms with E-state index in [1.54, 1.807) is 24.3 Å². The fraction of sp³-hybridized carbons (Fsp3) is 0.429. The molecule has 0 fully saturated rings. The first-order valence-electron chi connectivity index (χ1n) is 5.92. The Bertz CT molecular complexity index is 424. The van der Waals surface area contributed by atoms with E-state index in [0.717, 1.165) is 6.42 Å². The van der Waals surface area contributed by atoms with Crippen LogP contribution in [-0.2, 0) is 9.53 Å². The third-order valence-electron chi connectivity index (χ3n) is 2.44. The minimum absolute atomic E-state index is 0.248. The number of hydrogen-bond donors (Lipinski definition) is 0. The Morgan fingerprint density at radius 3 is 2.50 bits per heavy atom. The SMILES string of the molecule is COC(=O)c1ccccc1OC(=O)CCC(C)C. The number of esters is 2. The molecule has 0 amide bonds. The van der Waals surface area contributed by atoms with E-state index >= 15 is 0 Å². The van der Waals surface area contributed by atoms with Gasteiger partial charge in [0, 0.05) is 6.42 Å². The topological polar surface area (TPSA) is 52.6 Å². The smallest absolute Gasteiger partial charge is 0.341 e. The van der Waals surface area contributed by atoms with Crippen LogP contribution in [0.25, 0.3) is 0 Å². The van der Waals surface area contributed by atoms with Crippen molar-refractivity contribution in [2.24, 2.45) is 5.92 Å². The second-order valence-corrected chi connectivity index (χ2v) is 4.39. The third kappa shape index (κ3) is 4.20. The minimum atomic E-state index is -0.512. The van der Waals surface area contributed by atoms with Gasteiger partial charge in [0.2, 0.25) is 0 Å². The average molecular weight is 250 g/mol. The van der Waals surface area contributed by atoms with E-state index in [0.29, 0.717) is 12.3 Å². The van der Waals surface area contributed by atoms with Crippen LogP contribution in [-0.4, -0.2) is 19.0 Å². The van der Waals surface area contributed by atoms with E-state index in [4.69, 9.17) is 4.74 Å². The number of hydrogen-bond acceptors (Lipinski definition) is 4. The molecule has 0 saturated carbocycles. The molecule has 0 heterocycles. The Balaban J connectivity index is 2.72. The Hall–Kier alpha value is -1.84. The molecule has 0 saturated heterocycles. The number of carbonyl (C=O) groups excluding carboxylic acids is 2. The van der Waals surface area contributed by atoms with Crippen LogP contribution in [0.15, 0.2) is 24.3 Å². The van der Waals surface area contributed by atoms with Crippen LogP contribution in [0, 0.1) is 5.92 Å². The Morgan fingerprint density at radius 1 is 1.22 bits per heavy atom. The monoisotopic (exact) mass is 250 g/mol. The maximum Gasteiger partial charge on any atom is 0.341 e. The highest BCUT2D eigenvalue weighted by Crippen LogP contribution is 2.19. The molecule has 18 heavy (non-hydrogen) atoms. The molecule has 4 nitrogen and oxygen atoms in total. The number of rotatable bonds is 5. The van der Waals surface area contributed by atoms with Gasteiger partial charge in [-0.25, -0.2) is 4.79 Å². The molecule has 0 atom stereocenters. The van der Waals surface area contributed by atoms with Gasteiger partial charge in [-0.05, 0) is 24.5 Å². The van der Waals surface area contributed by atoms with Crippen molar-refractivity contribution >= 4 is 11.9 Å². The van der Waals surface area contributed by atoms with Crippen molar-refractivity contribution in [1.82, 2.24) is 0 Å². The standard InChI is InChI=1S/C14H18O4/c1-10(2)8-9-13(15)18-12-7-5-4-6-11(12)14(16)17-3/h4-7,10H,8-9H2,1-3H3. The van der Waals surface area contributed by atoms with Crippen LogP contribution in [0.5, 0.6) is 5.75 Å². The Labute approximate surface area is 107 Å². The Kier molecular flexibility index (Phi) is 5.36. The molecule has 0 bridgehead atoms. The summed E-state index contributed by atoms with van der Waals surface area (Å²) >= 11 is 0. The largest absolute Gasteiger partial charge is 0.465 e. The maximum atomic E-state index is 11.6. The quantitative estimate of drug-likeness (QED) is 0.595. The predicted octanol–water partition coefficient (Wildman–Crippen LogP) is 2.81. The fourth-order valence-electron chi connectivity index (χ4n) is 1.41. The summed E-state index contributed by atoms with van der Waals surface area (Å²) in [5, 5.41) is 0. The van der Waals surface area contributed by atoms with Crippen molar-refractivity contribution in [3.05, 3.63) is 29.8 Å². The number of ether oxygens (including phenoxy) is 2. The average Bonchev–Trinajstić information content (AvgIpc) is 2.36. The zero-order valence-electron chi connectivity index (χ0n) is 10.9. The van der Waals surface area contributed by atoms with Gasteiger partial charge in [0.15, 0.2) is 0 Å². The van der Waals surface area contributed by atoms with E-state index in [1.165, 1.54) is 7.11 Å². The van der Waals surface area contributed by atoms with Gasteiger partial charge in [-0.15, -0.1) is 0 Å². The van der Waals surface area contributed by atoms with Gasteiger partial charge in [-0.2, -0.15) is 0 Å². The highest BCUT2D eigenvalue weighted by atomic mass is 16.5. The van der Waals surface area contributed by atoms with Gasteiger partial charge in [-0.3, -0.25) is 4.79 Å². The second kappa shape index (κ2) is 6.79. The molecule has 0 aliphatic heterocycles. The molecule has 1 aromatic carbocycles. The number of benzene rings is 1. The first kappa shape index (κ1) is 14.2. The zero-order chi connectivity index (χ0) is 13.5. The van der Waals surface area contributed by atoms with Crippen molar-refractivity contribution in [2.45, 2.75) is 26.7 Å². The molecule has 1 aromatic rings. The molecule has 0 aliphatic rings. The summed E-state index contributed by atoms with van der Waals surface area (Å²) in [5.41, 5.74) is 0.262. The zero-order valence-corrected chi connectivity index (χ0v) is 10.9. The van der Waals surface area contributed by atoms with Crippen molar-refractivity contribution in [3.63, 3.8) is 0 Å². The van der Waals surface area contributed by atoms with E-state index in [-0.39, 0.29) is 17.3 Å². The molecule has 4 heteroatoms. The van der Waals surface area contributed by atoms with Crippen LogP contribution < -0.4 is 4.74 Å². The lowest BCUT2D eigenvalue weighted by Crippen LogP contribution is -2.12. The lowest BCUT2D eigenvalue weighted by molar-refractivity contribution is -0.134. The van der Waals surface area contributed by atoms with Crippen LogP contribution in [0.4, 0.5) is 0 Å². The number of para-hydroxylation sites is 1. The first-order chi connectivity index (χ1) is 8.54. The highest BCUT2D eigenvalue weighted by Gasteiger charge is 2.15. The highest BCUT2D eigenvalue weighted by molar-refractivity contribution is 5.93. The summed E-state index contributed by atoms with van der Waals surface area (Å²) < 4.78 is 9.81. The Morgan fingerprint density at radius 2 is 1.89 bits per heavy atom.